The van der Waals surface area contributed by atoms with E-state index in [0.717, 1.165) is 18.5 Å². The molecule has 2 rings (SSSR count). The molecular formula is C14H19Cl2NO2. The molecule has 0 bridgehead atoms. The molecule has 2 unspecified atom stereocenters. The largest absolute Gasteiger partial charge is 0.376 e. The van der Waals surface area contributed by atoms with Gasteiger partial charge >= 0.3 is 0 Å². The average Bonchev–Trinajstić information content (AvgIpc) is 2.45. The minimum absolute atomic E-state index is 0.00597. The van der Waals surface area contributed by atoms with Crippen LogP contribution in [0.25, 0.3) is 0 Å². The van der Waals surface area contributed by atoms with Gasteiger partial charge in [-0.25, -0.2) is 0 Å². The zero-order chi connectivity index (χ0) is 13.7. The van der Waals surface area contributed by atoms with E-state index in [1.54, 1.807) is 6.07 Å². The second-order valence-corrected chi connectivity index (χ2v) is 5.34. The number of hydrogen-bond donors (Lipinski definition) is 1. The SMILES string of the molecule is CCCNC(c1cccc(Cl)c1Cl)C1COCCO1. The summed E-state index contributed by atoms with van der Waals surface area (Å²) in [4.78, 5) is 0. The molecule has 0 aromatic heterocycles. The van der Waals surface area contributed by atoms with Gasteiger partial charge in [0.1, 0.15) is 6.10 Å². The summed E-state index contributed by atoms with van der Waals surface area (Å²) in [6, 6.07) is 5.70. The lowest BCUT2D eigenvalue weighted by Crippen LogP contribution is -2.41. The van der Waals surface area contributed by atoms with Crippen molar-refractivity contribution in [2.45, 2.75) is 25.5 Å². The van der Waals surface area contributed by atoms with Crippen LogP contribution in [-0.2, 0) is 9.47 Å². The van der Waals surface area contributed by atoms with Crippen LogP contribution >= 0.6 is 23.2 Å². The van der Waals surface area contributed by atoms with E-state index in [-0.39, 0.29) is 12.1 Å². The highest BCUT2D eigenvalue weighted by atomic mass is 35.5. The molecule has 1 aliphatic rings. The van der Waals surface area contributed by atoms with Crippen molar-refractivity contribution in [3.8, 4) is 0 Å². The van der Waals surface area contributed by atoms with E-state index >= 15 is 0 Å². The maximum atomic E-state index is 6.32. The molecule has 2 atom stereocenters. The van der Waals surface area contributed by atoms with Crippen LogP contribution in [-0.4, -0.2) is 32.5 Å². The highest BCUT2D eigenvalue weighted by Gasteiger charge is 2.28. The van der Waals surface area contributed by atoms with Crippen molar-refractivity contribution >= 4 is 23.2 Å². The van der Waals surface area contributed by atoms with E-state index in [2.05, 4.69) is 12.2 Å². The van der Waals surface area contributed by atoms with E-state index in [9.17, 15) is 0 Å². The molecule has 1 aliphatic heterocycles. The monoisotopic (exact) mass is 303 g/mol. The van der Waals surface area contributed by atoms with Crippen molar-refractivity contribution in [2.24, 2.45) is 0 Å². The summed E-state index contributed by atoms with van der Waals surface area (Å²) in [5.41, 5.74) is 0.970. The predicted octanol–water partition coefficient (Wildman–Crippen LogP) is 3.45. The molecule has 1 N–H and O–H groups in total. The molecule has 1 aromatic rings. The van der Waals surface area contributed by atoms with Crippen molar-refractivity contribution in [1.82, 2.24) is 5.32 Å². The smallest absolute Gasteiger partial charge is 0.100 e. The Kier molecular flexibility index (Phi) is 5.92. The van der Waals surface area contributed by atoms with E-state index in [1.807, 2.05) is 12.1 Å². The van der Waals surface area contributed by atoms with Crippen molar-refractivity contribution in [1.29, 1.82) is 0 Å². The Morgan fingerprint density at radius 1 is 1.37 bits per heavy atom. The maximum absolute atomic E-state index is 6.32. The molecule has 0 radical (unpaired) electrons. The zero-order valence-electron chi connectivity index (χ0n) is 11.0. The third kappa shape index (κ3) is 3.83. The third-order valence-corrected chi connectivity index (χ3v) is 3.98. The Morgan fingerprint density at radius 2 is 2.21 bits per heavy atom. The third-order valence-electron chi connectivity index (χ3n) is 3.14. The molecule has 3 nitrogen and oxygen atoms in total. The average molecular weight is 304 g/mol. The van der Waals surface area contributed by atoms with Gasteiger partial charge in [0.2, 0.25) is 0 Å². The van der Waals surface area contributed by atoms with Gasteiger partial charge < -0.3 is 14.8 Å². The predicted molar refractivity (Wildman–Crippen MR) is 78.1 cm³/mol. The number of nitrogens with one attached hydrogen (secondary N) is 1. The van der Waals surface area contributed by atoms with Crippen molar-refractivity contribution in [3.05, 3.63) is 33.8 Å². The molecule has 19 heavy (non-hydrogen) atoms. The molecule has 1 aromatic carbocycles. The molecule has 0 saturated carbocycles. The quantitative estimate of drug-likeness (QED) is 0.904. The van der Waals surface area contributed by atoms with Crippen LogP contribution in [0.15, 0.2) is 18.2 Å². The number of benzene rings is 1. The fourth-order valence-corrected chi connectivity index (χ4v) is 2.63. The zero-order valence-corrected chi connectivity index (χ0v) is 12.5. The molecule has 1 fully saturated rings. The van der Waals surface area contributed by atoms with Gasteiger partial charge in [-0.15, -0.1) is 0 Å². The number of halogens is 2. The molecule has 5 heteroatoms. The van der Waals surface area contributed by atoms with E-state index in [0.29, 0.717) is 29.9 Å². The van der Waals surface area contributed by atoms with E-state index < -0.39 is 0 Å². The molecule has 0 aliphatic carbocycles. The second-order valence-electron chi connectivity index (χ2n) is 4.56. The van der Waals surface area contributed by atoms with Gasteiger partial charge in [0, 0.05) is 0 Å². The molecule has 106 valence electrons. The number of ether oxygens (including phenoxy) is 2. The first-order valence-corrected chi connectivity index (χ1v) is 7.36. The van der Waals surface area contributed by atoms with Gasteiger partial charge in [0.05, 0.1) is 35.9 Å². The summed E-state index contributed by atoms with van der Waals surface area (Å²) in [6.45, 7) is 4.87. The lowest BCUT2D eigenvalue weighted by Gasteiger charge is -2.32. The van der Waals surface area contributed by atoms with Crippen molar-refractivity contribution in [2.75, 3.05) is 26.4 Å². The van der Waals surface area contributed by atoms with Crippen molar-refractivity contribution < 1.29 is 9.47 Å². The summed E-state index contributed by atoms with van der Waals surface area (Å²) in [6.07, 6.45) is 1.01. The van der Waals surface area contributed by atoms with Gasteiger partial charge in [-0.1, -0.05) is 42.3 Å². The fourth-order valence-electron chi connectivity index (χ4n) is 2.20. The Labute approximate surface area is 124 Å². The highest BCUT2D eigenvalue weighted by molar-refractivity contribution is 6.42. The lowest BCUT2D eigenvalue weighted by atomic mass is 10.0. The van der Waals surface area contributed by atoms with E-state index in [4.69, 9.17) is 32.7 Å². The first kappa shape index (κ1) is 15.1. The van der Waals surface area contributed by atoms with Crippen LogP contribution in [0.2, 0.25) is 10.0 Å². The van der Waals surface area contributed by atoms with Crippen LogP contribution in [0.3, 0.4) is 0 Å². The summed E-state index contributed by atoms with van der Waals surface area (Å²) in [5, 5.41) is 4.63. The maximum Gasteiger partial charge on any atom is 0.100 e. The van der Waals surface area contributed by atoms with Crippen molar-refractivity contribution in [3.63, 3.8) is 0 Å². The van der Waals surface area contributed by atoms with Crippen LogP contribution in [0.5, 0.6) is 0 Å². The summed E-state index contributed by atoms with van der Waals surface area (Å²) >= 11 is 12.4. The first-order valence-electron chi connectivity index (χ1n) is 6.60. The van der Waals surface area contributed by atoms with Crippen LogP contribution < -0.4 is 5.32 Å². The summed E-state index contributed by atoms with van der Waals surface area (Å²) < 4.78 is 11.3. The van der Waals surface area contributed by atoms with Crippen LogP contribution in [0, 0.1) is 0 Å². The molecule has 1 heterocycles. The molecule has 0 amide bonds. The Bertz CT molecular complexity index is 408. The van der Waals surface area contributed by atoms with Gasteiger partial charge in [-0.3, -0.25) is 0 Å². The molecule has 1 saturated heterocycles. The number of rotatable bonds is 5. The summed E-state index contributed by atoms with van der Waals surface area (Å²) in [5.74, 6) is 0. The van der Waals surface area contributed by atoms with Gasteiger partial charge in [-0.2, -0.15) is 0 Å². The first-order chi connectivity index (χ1) is 9.24. The normalized spacial score (nSPS) is 21.3. The number of hydrogen-bond acceptors (Lipinski definition) is 3. The standard InChI is InChI=1S/C14H19Cl2NO2/c1-2-6-17-14(12-9-18-7-8-19-12)10-4-3-5-11(15)13(10)16/h3-5,12,14,17H,2,6-9H2,1H3. The minimum atomic E-state index is -0.0312. The summed E-state index contributed by atoms with van der Waals surface area (Å²) in [7, 11) is 0. The minimum Gasteiger partial charge on any atom is -0.376 e. The van der Waals surface area contributed by atoms with Gasteiger partial charge in [-0.05, 0) is 24.6 Å². The topological polar surface area (TPSA) is 30.5 Å². The van der Waals surface area contributed by atoms with Crippen LogP contribution in [0.4, 0.5) is 0 Å². The lowest BCUT2D eigenvalue weighted by molar-refractivity contribution is -0.102. The second kappa shape index (κ2) is 7.46. The fraction of sp³-hybridized carbons (Fsp3) is 0.571. The molecular weight excluding hydrogens is 285 g/mol. The van der Waals surface area contributed by atoms with Gasteiger partial charge in [0.15, 0.2) is 0 Å². The highest BCUT2D eigenvalue weighted by Crippen LogP contribution is 2.32. The van der Waals surface area contributed by atoms with Gasteiger partial charge in [0.25, 0.3) is 0 Å². The molecule has 0 spiro atoms. The van der Waals surface area contributed by atoms with Crippen LogP contribution in [0.1, 0.15) is 24.9 Å². The Balaban J connectivity index is 2.22. The Hall–Kier alpha value is -0.320. The Morgan fingerprint density at radius 3 is 2.89 bits per heavy atom. The van der Waals surface area contributed by atoms with E-state index in [1.165, 1.54) is 0 Å².